The van der Waals surface area contributed by atoms with Crippen molar-refractivity contribution >= 4 is 35.4 Å². The van der Waals surface area contributed by atoms with Gasteiger partial charge in [-0.3, -0.25) is 0 Å². The number of nitrogens with two attached hydrogens (primary N) is 1. The van der Waals surface area contributed by atoms with Gasteiger partial charge in [0.05, 0.1) is 13.3 Å². The van der Waals surface area contributed by atoms with Crippen molar-refractivity contribution in [3.8, 4) is 11.5 Å². The number of benzene rings is 2. The van der Waals surface area contributed by atoms with Crippen molar-refractivity contribution in [2.45, 2.75) is 6.61 Å². The van der Waals surface area contributed by atoms with E-state index in [1.54, 1.807) is 37.6 Å². The molecule has 2 aromatic carbocycles. The van der Waals surface area contributed by atoms with Crippen molar-refractivity contribution in [3.63, 3.8) is 0 Å². The zero-order valence-electron chi connectivity index (χ0n) is 13.6. The molecule has 0 amide bonds. The molecule has 0 bridgehead atoms. The lowest BCUT2D eigenvalue weighted by Crippen LogP contribution is -2.01. The first kappa shape index (κ1) is 18.0. The summed E-state index contributed by atoms with van der Waals surface area (Å²) in [5, 5.41) is 15.7. The molecule has 134 valence electrons. The van der Waals surface area contributed by atoms with Gasteiger partial charge in [-0.2, -0.15) is 5.10 Å². The van der Waals surface area contributed by atoms with Crippen molar-refractivity contribution in [3.05, 3.63) is 57.6 Å². The topological polar surface area (TPSA) is 100 Å². The van der Waals surface area contributed by atoms with E-state index in [4.69, 9.17) is 38.4 Å². The van der Waals surface area contributed by atoms with Gasteiger partial charge in [-0.05, 0) is 46.3 Å². The van der Waals surface area contributed by atoms with Crippen LogP contribution in [0.25, 0.3) is 0 Å². The Morgan fingerprint density at radius 2 is 2.04 bits per heavy atom. The number of methoxy groups -OCH3 is 1. The van der Waals surface area contributed by atoms with Crippen LogP contribution in [0.2, 0.25) is 10.0 Å². The summed E-state index contributed by atoms with van der Waals surface area (Å²) in [7, 11) is 1.55. The normalized spacial score (nSPS) is 11.0. The van der Waals surface area contributed by atoms with Crippen molar-refractivity contribution < 1.29 is 9.47 Å². The summed E-state index contributed by atoms with van der Waals surface area (Å²) in [4.78, 5) is 1.11. The van der Waals surface area contributed by atoms with Gasteiger partial charge in [-0.25, -0.2) is 0 Å². The second kappa shape index (κ2) is 8.03. The molecule has 0 spiro atoms. The number of hydrogen-bond donors (Lipinski definition) is 1. The second-order valence-electron chi connectivity index (χ2n) is 5.11. The molecule has 2 N–H and O–H groups in total. The molecular weight excluding hydrogens is 379 g/mol. The van der Waals surface area contributed by atoms with Crippen LogP contribution in [0.15, 0.2) is 41.5 Å². The van der Waals surface area contributed by atoms with E-state index in [0.717, 1.165) is 15.9 Å². The molecule has 0 radical (unpaired) electrons. The van der Waals surface area contributed by atoms with Crippen molar-refractivity contribution in [1.82, 2.24) is 20.3 Å². The van der Waals surface area contributed by atoms with Gasteiger partial charge in [0, 0.05) is 15.6 Å². The third kappa shape index (κ3) is 4.22. The van der Waals surface area contributed by atoms with Crippen LogP contribution in [0.5, 0.6) is 11.5 Å². The smallest absolute Gasteiger partial charge is 0.263 e. The Kier molecular flexibility index (Phi) is 5.55. The Labute approximate surface area is 159 Å². The average molecular weight is 393 g/mol. The summed E-state index contributed by atoms with van der Waals surface area (Å²) in [6.07, 6.45) is 1.55. The summed E-state index contributed by atoms with van der Waals surface area (Å²) in [5.41, 5.74) is 7.13. The highest BCUT2D eigenvalue weighted by molar-refractivity contribution is 6.35. The Balaban J connectivity index is 1.74. The van der Waals surface area contributed by atoms with Crippen molar-refractivity contribution in [1.29, 1.82) is 0 Å². The zero-order chi connectivity index (χ0) is 18.5. The highest BCUT2D eigenvalue weighted by Gasteiger charge is 2.08. The Morgan fingerprint density at radius 1 is 1.19 bits per heavy atom. The van der Waals surface area contributed by atoms with E-state index in [1.807, 2.05) is 12.1 Å². The lowest BCUT2D eigenvalue weighted by molar-refractivity contribution is 0.284. The molecular formula is C16H14Cl2N6O2. The van der Waals surface area contributed by atoms with E-state index < -0.39 is 0 Å². The minimum Gasteiger partial charge on any atom is -0.493 e. The van der Waals surface area contributed by atoms with E-state index in [0.29, 0.717) is 21.5 Å². The summed E-state index contributed by atoms with van der Waals surface area (Å²) < 4.78 is 11.2. The number of hydrogen-bond acceptors (Lipinski definition) is 7. The predicted octanol–water partition coefficient (Wildman–Crippen LogP) is 3.03. The summed E-state index contributed by atoms with van der Waals surface area (Å²) in [6.45, 7) is 0.279. The summed E-state index contributed by atoms with van der Waals surface area (Å²) >= 11 is 12.1. The molecule has 8 nitrogen and oxygen atoms in total. The molecule has 10 heteroatoms. The second-order valence-corrected chi connectivity index (χ2v) is 5.95. The van der Waals surface area contributed by atoms with Crippen LogP contribution in [-0.2, 0) is 6.61 Å². The van der Waals surface area contributed by atoms with Crippen LogP contribution >= 0.6 is 23.2 Å². The van der Waals surface area contributed by atoms with Crippen LogP contribution in [0, 0.1) is 0 Å². The van der Waals surface area contributed by atoms with E-state index in [1.165, 1.54) is 0 Å². The van der Waals surface area contributed by atoms with E-state index in [2.05, 4.69) is 20.6 Å². The van der Waals surface area contributed by atoms with E-state index in [9.17, 15) is 0 Å². The Morgan fingerprint density at radius 3 is 2.73 bits per heavy atom. The molecule has 0 unspecified atom stereocenters. The number of aromatic nitrogens is 4. The van der Waals surface area contributed by atoms with Gasteiger partial charge in [-0.1, -0.05) is 39.2 Å². The molecule has 0 aliphatic heterocycles. The zero-order valence-corrected chi connectivity index (χ0v) is 15.1. The van der Waals surface area contributed by atoms with Gasteiger partial charge in [0.15, 0.2) is 11.5 Å². The number of nitrogens with zero attached hydrogens (tertiary/aromatic N) is 5. The van der Waals surface area contributed by atoms with E-state index in [-0.39, 0.29) is 12.6 Å². The van der Waals surface area contributed by atoms with Gasteiger partial charge in [-0.15, -0.1) is 0 Å². The Bertz CT molecular complexity index is 944. The van der Waals surface area contributed by atoms with Gasteiger partial charge >= 0.3 is 0 Å². The molecule has 1 heterocycles. The minimum atomic E-state index is 0.0908. The highest BCUT2D eigenvalue weighted by Crippen LogP contribution is 2.29. The van der Waals surface area contributed by atoms with Crippen LogP contribution in [-0.4, -0.2) is 33.6 Å². The van der Waals surface area contributed by atoms with Crippen LogP contribution in [0.3, 0.4) is 0 Å². The quantitative estimate of drug-likeness (QED) is 0.646. The first-order valence-electron chi connectivity index (χ1n) is 7.40. The molecule has 0 saturated carbocycles. The fourth-order valence-corrected chi connectivity index (χ4v) is 2.53. The van der Waals surface area contributed by atoms with Gasteiger partial charge < -0.3 is 15.2 Å². The van der Waals surface area contributed by atoms with Gasteiger partial charge in [0.2, 0.25) is 0 Å². The maximum Gasteiger partial charge on any atom is 0.263 e. The first-order chi connectivity index (χ1) is 12.6. The number of halogens is 2. The average Bonchev–Trinajstić information content (AvgIpc) is 3.04. The molecule has 0 aliphatic carbocycles. The molecule has 0 aliphatic rings. The molecule has 0 fully saturated rings. The maximum absolute atomic E-state index is 6.16. The summed E-state index contributed by atoms with van der Waals surface area (Å²) in [6, 6.07) is 10.6. The maximum atomic E-state index is 6.16. The van der Waals surface area contributed by atoms with E-state index >= 15 is 0 Å². The molecule has 1 aromatic heterocycles. The minimum absolute atomic E-state index is 0.0908. The molecule has 3 rings (SSSR count). The standard InChI is InChI=1S/C16H14Cl2N6O2/c1-25-15-6-10(8-20-24-16(19)21-22-23-24)2-5-14(15)26-9-11-3-4-12(17)7-13(11)18/h2-8H,9H2,1H3,(H2,19,21,23). The third-order valence-corrected chi connectivity index (χ3v) is 3.97. The third-order valence-electron chi connectivity index (χ3n) is 3.38. The highest BCUT2D eigenvalue weighted by atomic mass is 35.5. The number of tetrazole rings is 1. The number of nitrogen functional groups attached to an aromatic ring is 1. The SMILES string of the molecule is COc1cc(C=Nn2nnnc2N)ccc1OCc1ccc(Cl)cc1Cl. The first-order valence-corrected chi connectivity index (χ1v) is 8.15. The lowest BCUT2D eigenvalue weighted by atomic mass is 10.2. The van der Waals surface area contributed by atoms with Crippen molar-refractivity contribution in [2.24, 2.45) is 5.10 Å². The fraction of sp³-hybridized carbons (Fsp3) is 0.125. The number of anilines is 1. The molecule has 26 heavy (non-hydrogen) atoms. The fourth-order valence-electron chi connectivity index (χ4n) is 2.07. The van der Waals surface area contributed by atoms with Crippen LogP contribution < -0.4 is 15.2 Å². The number of rotatable bonds is 6. The summed E-state index contributed by atoms with van der Waals surface area (Å²) in [5.74, 6) is 1.20. The predicted molar refractivity (Wildman–Crippen MR) is 99.0 cm³/mol. The van der Waals surface area contributed by atoms with Gasteiger partial charge in [0.25, 0.3) is 5.95 Å². The van der Waals surface area contributed by atoms with Crippen LogP contribution in [0.4, 0.5) is 5.95 Å². The lowest BCUT2D eigenvalue weighted by Gasteiger charge is -2.12. The molecule has 0 atom stereocenters. The monoisotopic (exact) mass is 392 g/mol. The molecule has 3 aromatic rings. The van der Waals surface area contributed by atoms with Crippen molar-refractivity contribution in [2.75, 3.05) is 12.8 Å². The molecule has 0 saturated heterocycles. The largest absolute Gasteiger partial charge is 0.493 e. The number of ether oxygens (including phenoxy) is 2. The Hall–Kier alpha value is -2.84. The van der Waals surface area contributed by atoms with Crippen LogP contribution in [0.1, 0.15) is 11.1 Å². The van der Waals surface area contributed by atoms with Gasteiger partial charge in [0.1, 0.15) is 6.61 Å².